The van der Waals surface area contributed by atoms with E-state index in [4.69, 9.17) is 4.42 Å². The largest absolute Gasteiger partial charge is 0.466 e. The Bertz CT molecular complexity index is 611. The van der Waals surface area contributed by atoms with Gasteiger partial charge in [-0.25, -0.2) is 0 Å². The lowest BCUT2D eigenvalue weighted by Gasteiger charge is -2.08. The topological polar surface area (TPSA) is 42.2 Å². The van der Waals surface area contributed by atoms with Crippen LogP contribution in [0.5, 0.6) is 0 Å². The van der Waals surface area contributed by atoms with Gasteiger partial charge in [-0.2, -0.15) is 0 Å². The third-order valence-corrected chi connectivity index (χ3v) is 3.49. The molecule has 0 radical (unpaired) electrons. The Morgan fingerprint density at radius 3 is 2.37 bits per heavy atom. The van der Waals surface area contributed by atoms with Crippen molar-refractivity contribution in [3.8, 4) is 0 Å². The Labute approximate surface area is 113 Å². The smallest absolute Gasteiger partial charge is 0.255 e. The number of furan rings is 1. The van der Waals surface area contributed by atoms with Crippen molar-refractivity contribution in [3.05, 3.63) is 58.0 Å². The zero-order valence-corrected chi connectivity index (χ0v) is 11.8. The molecule has 1 aromatic heterocycles. The van der Waals surface area contributed by atoms with E-state index < -0.39 is 0 Å². The highest BCUT2D eigenvalue weighted by Crippen LogP contribution is 2.20. The van der Waals surface area contributed by atoms with Crippen molar-refractivity contribution < 1.29 is 9.21 Å². The maximum atomic E-state index is 12.2. The predicted molar refractivity (Wildman–Crippen MR) is 75.3 cm³/mol. The van der Waals surface area contributed by atoms with Crippen LogP contribution < -0.4 is 5.32 Å². The van der Waals surface area contributed by atoms with E-state index in [1.807, 2.05) is 52.0 Å². The zero-order chi connectivity index (χ0) is 14.0. The van der Waals surface area contributed by atoms with Crippen molar-refractivity contribution in [2.75, 3.05) is 0 Å². The molecule has 0 saturated heterocycles. The maximum Gasteiger partial charge on any atom is 0.255 e. The quantitative estimate of drug-likeness (QED) is 0.915. The first-order valence-electron chi connectivity index (χ1n) is 6.40. The predicted octanol–water partition coefficient (Wildman–Crippen LogP) is 3.44. The highest BCUT2D eigenvalue weighted by molar-refractivity contribution is 5.96. The highest BCUT2D eigenvalue weighted by atomic mass is 16.3. The molecule has 0 bridgehead atoms. The third kappa shape index (κ3) is 2.70. The second kappa shape index (κ2) is 5.31. The molecule has 3 heteroatoms. The van der Waals surface area contributed by atoms with Gasteiger partial charge in [-0.15, -0.1) is 0 Å². The van der Waals surface area contributed by atoms with Crippen molar-refractivity contribution >= 4 is 5.91 Å². The molecule has 0 aliphatic carbocycles. The van der Waals surface area contributed by atoms with E-state index in [0.29, 0.717) is 17.9 Å². The van der Waals surface area contributed by atoms with E-state index in [9.17, 15) is 4.79 Å². The second-order valence-electron chi connectivity index (χ2n) is 4.82. The average molecular weight is 257 g/mol. The Kier molecular flexibility index (Phi) is 3.74. The summed E-state index contributed by atoms with van der Waals surface area (Å²) in [7, 11) is 0. The van der Waals surface area contributed by atoms with Gasteiger partial charge in [0.15, 0.2) is 0 Å². The van der Waals surface area contributed by atoms with Crippen LogP contribution >= 0.6 is 0 Å². The summed E-state index contributed by atoms with van der Waals surface area (Å²) >= 11 is 0. The van der Waals surface area contributed by atoms with Crippen LogP contribution in [-0.2, 0) is 6.54 Å². The number of benzene rings is 1. The molecule has 100 valence electrons. The molecule has 2 aromatic rings. The standard InChI is InChI=1S/C16H19NO2/c1-10-7-5-6-8-14(10)9-17-16(18)15-11(2)12(3)19-13(15)4/h5-8H,9H2,1-4H3,(H,17,18). The van der Waals surface area contributed by atoms with Gasteiger partial charge in [-0.3, -0.25) is 4.79 Å². The number of carbonyl (C=O) groups excluding carboxylic acids is 1. The Morgan fingerprint density at radius 1 is 1.11 bits per heavy atom. The molecule has 1 aromatic carbocycles. The number of nitrogens with one attached hydrogen (secondary N) is 1. The normalized spacial score (nSPS) is 10.5. The molecule has 3 nitrogen and oxygen atoms in total. The lowest BCUT2D eigenvalue weighted by atomic mass is 10.1. The van der Waals surface area contributed by atoms with Crippen LogP contribution in [0.15, 0.2) is 28.7 Å². The van der Waals surface area contributed by atoms with Gasteiger partial charge in [0.1, 0.15) is 11.5 Å². The molecule has 1 amide bonds. The molecular formula is C16H19NO2. The highest BCUT2D eigenvalue weighted by Gasteiger charge is 2.18. The Hall–Kier alpha value is -2.03. The molecule has 2 rings (SSSR count). The number of carbonyl (C=O) groups is 1. The van der Waals surface area contributed by atoms with Crippen LogP contribution in [0.2, 0.25) is 0 Å². The first-order valence-corrected chi connectivity index (χ1v) is 6.40. The maximum absolute atomic E-state index is 12.2. The number of hydrogen-bond donors (Lipinski definition) is 1. The summed E-state index contributed by atoms with van der Waals surface area (Å²) < 4.78 is 5.48. The monoisotopic (exact) mass is 257 g/mol. The van der Waals surface area contributed by atoms with Crippen LogP contribution in [0.3, 0.4) is 0 Å². The minimum Gasteiger partial charge on any atom is -0.466 e. The first kappa shape index (κ1) is 13.4. The van der Waals surface area contributed by atoms with E-state index >= 15 is 0 Å². The first-order chi connectivity index (χ1) is 9.00. The summed E-state index contributed by atoms with van der Waals surface area (Å²) in [5.74, 6) is 1.41. The molecule has 1 N–H and O–H groups in total. The SMILES string of the molecule is Cc1ccccc1CNC(=O)c1c(C)oc(C)c1C. The Balaban J connectivity index is 2.12. The average Bonchev–Trinajstić information content (AvgIpc) is 2.62. The van der Waals surface area contributed by atoms with Crippen molar-refractivity contribution in [2.24, 2.45) is 0 Å². The van der Waals surface area contributed by atoms with Crippen molar-refractivity contribution in [3.63, 3.8) is 0 Å². The van der Waals surface area contributed by atoms with E-state index in [2.05, 4.69) is 5.32 Å². The molecule has 1 heterocycles. The molecule has 0 aliphatic heterocycles. The van der Waals surface area contributed by atoms with Gasteiger partial charge >= 0.3 is 0 Å². The van der Waals surface area contributed by atoms with Crippen molar-refractivity contribution in [1.82, 2.24) is 5.32 Å². The van der Waals surface area contributed by atoms with Gasteiger partial charge in [0.05, 0.1) is 5.56 Å². The summed E-state index contributed by atoms with van der Waals surface area (Å²) in [5, 5.41) is 2.95. The molecule has 0 unspecified atom stereocenters. The molecular weight excluding hydrogens is 238 g/mol. The van der Waals surface area contributed by atoms with Crippen LogP contribution in [0.25, 0.3) is 0 Å². The van der Waals surface area contributed by atoms with E-state index in [1.54, 1.807) is 0 Å². The van der Waals surface area contributed by atoms with Gasteiger partial charge in [-0.1, -0.05) is 24.3 Å². The fourth-order valence-corrected chi connectivity index (χ4v) is 2.20. The summed E-state index contributed by atoms with van der Waals surface area (Å²) in [6.07, 6.45) is 0. The minimum atomic E-state index is -0.0740. The summed E-state index contributed by atoms with van der Waals surface area (Å²) in [4.78, 5) is 12.2. The Morgan fingerprint density at radius 2 is 1.79 bits per heavy atom. The molecule has 0 spiro atoms. The number of rotatable bonds is 3. The third-order valence-electron chi connectivity index (χ3n) is 3.49. The number of amides is 1. The summed E-state index contributed by atoms with van der Waals surface area (Å²) in [6, 6.07) is 8.04. The minimum absolute atomic E-state index is 0.0740. The number of aryl methyl sites for hydroxylation is 3. The van der Waals surface area contributed by atoms with Crippen molar-refractivity contribution in [2.45, 2.75) is 34.2 Å². The zero-order valence-electron chi connectivity index (χ0n) is 11.8. The molecule has 0 saturated carbocycles. The van der Waals surface area contributed by atoms with Crippen molar-refractivity contribution in [1.29, 1.82) is 0 Å². The van der Waals surface area contributed by atoms with Crippen LogP contribution in [-0.4, -0.2) is 5.91 Å². The van der Waals surface area contributed by atoms with Gasteiger partial charge in [-0.05, 0) is 38.8 Å². The fraction of sp³-hybridized carbons (Fsp3) is 0.312. The van der Waals surface area contributed by atoms with Crippen LogP contribution in [0.4, 0.5) is 0 Å². The van der Waals surface area contributed by atoms with Gasteiger partial charge in [0.2, 0.25) is 0 Å². The van der Waals surface area contributed by atoms with Gasteiger partial charge in [0, 0.05) is 12.1 Å². The molecule has 0 fully saturated rings. The molecule has 0 atom stereocenters. The number of hydrogen-bond acceptors (Lipinski definition) is 2. The van der Waals surface area contributed by atoms with E-state index in [-0.39, 0.29) is 5.91 Å². The van der Waals surface area contributed by atoms with Gasteiger partial charge < -0.3 is 9.73 Å². The second-order valence-corrected chi connectivity index (χ2v) is 4.82. The lowest BCUT2D eigenvalue weighted by molar-refractivity contribution is 0.0949. The molecule has 19 heavy (non-hydrogen) atoms. The fourth-order valence-electron chi connectivity index (χ4n) is 2.20. The summed E-state index contributed by atoms with van der Waals surface area (Å²) in [5.41, 5.74) is 3.89. The summed E-state index contributed by atoms with van der Waals surface area (Å²) in [6.45, 7) is 8.19. The van der Waals surface area contributed by atoms with E-state index in [0.717, 1.165) is 16.9 Å². The molecule has 0 aliphatic rings. The lowest BCUT2D eigenvalue weighted by Crippen LogP contribution is -2.24. The van der Waals surface area contributed by atoms with Crippen LogP contribution in [0, 0.1) is 27.7 Å². The van der Waals surface area contributed by atoms with E-state index in [1.165, 1.54) is 5.56 Å². The van der Waals surface area contributed by atoms with Gasteiger partial charge in [0.25, 0.3) is 5.91 Å². The van der Waals surface area contributed by atoms with Crippen LogP contribution in [0.1, 0.15) is 38.6 Å².